The number of hydrogen-bond acceptors (Lipinski definition) is 6. The molecule has 6 rings (SSSR count). The lowest BCUT2D eigenvalue weighted by atomic mass is 9.77. The van der Waals surface area contributed by atoms with E-state index in [1.54, 1.807) is 23.2 Å². The van der Waals surface area contributed by atoms with E-state index in [-0.39, 0.29) is 35.7 Å². The largest absolute Gasteiger partial charge is 0.472 e. The molecular formula is C22H19F3N4O3. The molecule has 0 N–H and O–H groups in total. The van der Waals surface area contributed by atoms with Crippen LogP contribution in [0.2, 0.25) is 0 Å². The molecule has 0 radical (unpaired) electrons. The second-order valence-electron chi connectivity index (χ2n) is 7.98. The minimum absolute atomic E-state index is 0.116. The van der Waals surface area contributed by atoms with E-state index in [1.807, 2.05) is 0 Å². The third-order valence-electron chi connectivity index (χ3n) is 5.99. The highest BCUT2D eigenvalue weighted by Gasteiger charge is 2.45. The Morgan fingerprint density at radius 3 is 2.69 bits per heavy atom. The number of nitrogens with zero attached hydrogens (tertiary/aromatic N) is 4. The molecular weight excluding hydrogens is 425 g/mol. The molecule has 166 valence electrons. The van der Waals surface area contributed by atoms with Gasteiger partial charge in [0, 0.05) is 25.0 Å². The lowest BCUT2D eigenvalue weighted by molar-refractivity contribution is -0.137. The standard InChI is InChI=1S/C22H19F3N4O3/c23-22(24,25)14-4-6-18(28-11-14)32-17-10-13-3-5-16(17)29(12-13)21(30)15-2-1-7-26-19(15)20-27-8-9-31-20/h1-2,4,6-9,11,13,16-17H,3,5,10,12H2/t13-,16+,17-/m1/s1. The summed E-state index contributed by atoms with van der Waals surface area (Å²) in [6.45, 7) is 0.587. The van der Waals surface area contributed by atoms with Crippen LogP contribution in [0.3, 0.4) is 0 Å². The molecule has 0 spiro atoms. The molecule has 3 aromatic rings. The van der Waals surface area contributed by atoms with Crippen molar-refractivity contribution < 1.29 is 27.1 Å². The molecule has 2 saturated heterocycles. The first-order chi connectivity index (χ1) is 15.4. The van der Waals surface area contributed by atoms with Gasteiger partial charge in [-0.2, -0.15) is 13.2 Å². The zero-order valence-corrected chi connectivity index (χ0v) is 16.8. The van der Waals surface area contributed by atoms with Gasteiger partial charge >= 0.3 is 6.18 Å². The Bertz CT molecular complexity index is 1100. The average molecular weight is 444 g/mol. The Balaban J connectivity index is 1.37. The molecule has 3 atom stereocenters. The van der Waals surface area contributed by atoms with Crippen LogP contribution in [0.4, 0.5) is 13.2 Å². The van der Waals surface area contributed by atoms with Crippen LogP contribution in [-0.4, -0.2) is 44.4 Å². The van der Waals surface area contributed by atoms with Crippen LogP contribution in [0.25, 0.3) is 11.6 Å². The normalized spacial score (nSPS) is 22.7. The van der Waals surface area contributed by atoms with E-state index in [4.69, 9.17) is 9.15 Å². The van der Waals surface area contributed by atoms with Gasteiger partial charge in [-0.05, 0) is 43.4 Å². The fourth-order valence-corrected chi connectivity index (χ4v) is 4.51. The Morgan fingerprint density at radius 2 is 2.00 bits per heavy atom. The van der Waals surface area contributed by atoms with Gasteiger partial charge in [-0.1, -0.05) is 0 Å². The van der Waals surface area contributed by atoms with E-state index in [1.165, 1.54) is 18.5 Å². The quantitative estimate of drug-likeness (QED) is 0.599. The summed E-state index contributed by atoms with van der Waals surface area (Å²) in [5, 5.41) is 0. The number of hydrogen-bond donors (Lipinski definition) is 0. The molecule has 7 nitrogen and oxygen atoms in total. The van der Waals surface area contributed by atoms with E-state index in [9.17, 15) is 18.0 Å². The molecule has 1 aliphatic carbocycles. The van der Waals surface area contributed by atoms with E-state index < -0.39 is 11.7 Å². The summed E-state index contributed by atoms with van der Waals surface area (Å²) in [6, 6.07) is 5.32. The Labute approximate surface area is 181 Å². The average Bonchev–Trinajstić information content (AvgIpc) is 3.33. The van der Waals surface area contributed by atoms with Crippen molar-refractivity contribution in [3.8, 4) is 17.5 Å². The van der Waals surface area contributed by atoms with E-state index in [2.05, 4.69) is 15.0 Å². The van der Waals surface area contributed by atoms with Crippen LogP contribution >= 0.6 is 0 Å². The Kier molecular flexibility index (Phi) is 5.07. The van der Waals surface area contributed by atoms with E-state index in [0.29, 0.717) is 17.8 Å². The summed E-state index contributed by atoms with van der Waals surface area (Å²) in [4.78, 5) is 27.5. The SMILES string of the molecule is O=C(c1cccnc1-c1ncco1)N1C[C@@H]2CC[C@H]1[C@H](Oc1ccc(C(F)(F)F)cn1)C2. The topological polar surface area (TPSA) is 81.4 Å². The van der Waals surface area contributed by atoms with Crippen molar-refractivity contribution in [2.24, 2.45) is 5.92 Å². The smallest absolute Gasteiger partial charge is 0.417 e. The third kappa shape index (κ3) is 3.80. The molecule has 3 aliphatic rings. The predicted molar refractivity (Wildman–Crippen MR) is 106 cm³/mol. The zero-order chi connectivity index (χ0) is 22.3. The van der Waals surface area contributed by atoms with Crippen molar-refractivity contribution in [1.29, 1.82) is 0 Å². The van der Waals surface area contributed by atoms with Gasteiger partial charge < -0.3 is 14.1 Å². The van der Waals surface area contributed by atoms with Gasteiger partial charge in [0.15, 0.2) is 0 Å². The first kappa shape index (κ1) is 20.5. The number of fused-ring (bicyclic) bond motifs is 3. The monoisotopic (exact) mass is 444 g/mol. The molecule has 2 bridgehead atoms. The number of piperidine rings is 2. The number of amides is 1. The van der Waals surface area contributed by atoms with Crippen molar-refractivity contribution in [1.82, 2.24) is 19.9 Å². The van der Waals surface area contributed by atoms with Crippen LogP contribution in [-0.2, 0) is 6.18 Å². The molecule has 10 heteroatoms. The fourth-order valence-electron chi connectivity index (χ4n) is 4.51. The number of aromatic nitrogens is 3. The number of alkyl halides is 3. The summed E-state index contributed by atoms with van der Waals surface area (Å²) >= 11 is 0. The molecule has 1 saturated carbocycles. The van der Waals surface area contributed by atoms with Crippen LogP contribution < -0.4 is 4.74 Å². The maximum absolute atomic E-state index is 13.5. The molecule has 32 heavy (non-hydrogen) atoms. The molecule has 0 unspecified atom stereocenters. The second kappa shape index (κ2) is 7.92. The van der Waals surface area contributed by atoms with Crippen LogP contribution in [0.1, 0.15) is 35.2 Å². The van der Waals surface area contributed by atoms with Crippen LogP contribution in [0.15, 0.2) is 53.5 Å². The number of oxazole rings is 1. The highest BCUT2D eigenvalue weighted by atomic mass is 19.4. The summed E-state index contributed by atoms with van der Waals surface area (Å²) in [7, 11) is 0. The lowest BCUT2D eigenvalue weighted by Gasteiger charge is -2.49. The molecule has 2 aliphatic heterocycles. The van der Waals surface area contributed by atoms with Crippen molar-refractivity contribution in [2.75, 3.05) is 6.54 Å². The number of halogens is 3. The maximum atomic E-state index is 13.5. The van der Waals surface area contributed by atoms with Gasteiger partial charge in [-0.25, -0.2) is 9.97 Å². The molecule has 5 heterocycles. The predicted octanol–water partition coefficient (Wildman–Crippen LogP) is 4.22. The first-order valence-corrected chi connectivity index (χ1v) is 10.3. The Morgan fingerprint density at radius 1 is 1.12 bits per heavy atom. The minimum Gasteiger partial charge on any atom is -0.472 e. The maximum Gasteiger partial charge on any atom is 0.417 e. The third-order valence-corrected chi connectivity index (χ3v) is 5.99. The van der Waals surface area contributed by atoms with Crippen molar-refractivity contribution >= 4 is 5.91 Å². The van der Waals surface area contributed by atoms with Crippen molar-refractivity contribution in [3.05, 3.63) is 60.2 Å². The first-order valence-electron chi connectivity index (χ1n) is 10.3. The highest BCUT2D eigenvalue weighted by Crippen LogP contribution is 2.39. The van der Waals surface area contributed by atoms with Gasteiger partial charge in [0.05, 0.1) is 23.4 Å². The minimum atomic E-state index is -4.46. The van der Waals surface area contributed by atoms with Gasteiger partial charge in [0.1, 0.15) is 18.1 Å². The second-order valence-corrected chi connectivity index (χ2v) is 7.98. The Hall–Kier alpha value is -3.43. The summed E-state index contributed by atoms with van der Waals surface area (Å²) in [6.07, 6.45) is 2.87. The lowest BCUT2D eigenvalue weighted by Crippen LogP contribution is -2.59. The number of carbonyl (C=O) groups excluding carboxylic acids is 1. The summed E-state index contributed by atoms with van der Waals surface area (Å²) < 4.78 is 49.7. The fraction of sp³-hybridized carbons (Fsp3) is 0.364. The van der Waals surface area contributed by atoms with E-state index >= 15 is 0 Å². The molecule has 0 aromatic carbocycles. The van der Waals surface area contributed by atoms with E-state index in [0.717, 1.165) is 31.5 Å². The molecule has 3 aromatic heterocycles. The van der Waals surface area contributed by atoms with Crippen LogP contribution in [0, 0.1) is 5.92 Å². The number of pyridine rings is 2. The van der Waals surface area contributed by atoms with Crippen LogP contribution in [0.5, 0.6) is 5.88 Å². The summed E-state index contributed by atoms with van der Waals surface area (Å²) in [5.74, 6) is 0.419. The summed E-state index contributed by atoms with van der Waals surface area (Å²) in [5.41, 5.74) is -0.0813. The van der Waals surface area contributed by atoms with Crippen molar-refractivity contribution in [3.63, 3.8) is 0 Å². The van der Waals surface area contributed by atoms with Gasteiger partial charge in [0.2, 0.25) is 11.8 Å². The van der Waals surface area contributed by atoms with Gasteiger partial charge in [-0.15, -0.1) is 0 Å². The van der Waals surface area contributed by atoms with Crippen molar-refractivity contribution in [2.45, 2.75) is 37.6 Å². The number of rotatable bonds is 4. The molecule has 3 fully saturated rings. The zero-order valence-electron chi connectivity index (χ0n) is 16.8. The van der Waals surface area contributed by atoms with Gasteiger partial charge in [-0.3, -0.25) is 9.78 Å². The van der Waals surface area contributed by atoms with Gasteiger partial charge in [0.25, 0.3) is 5.91 Å². The highest BCUT2D eigenvalue weighted by molar-refractivity contribution is 5.99. The number of carbonyl (C=O) groups is 1. The molecule has 1 amide bonds. The number of ether oxygens (including phenoxy) is 1.